The van der Waals surface area contributed by atoms with E-state index in [0.717, 1.165) is 91.1 Å². The number of carbonyl (C=O) groups excluding carboxylic acids is 1. The zero-order valence-electron chi connectivity index (χ0n) is 29.3. The zero-order valence-corrected chi connectivity index (χ0v) is 29.3. The van der Waals surface area contributed by atoms with Crippen molar-refractivity contribution in [2.75, 3.05) is 18.9 Å². The molecule has 6 rings (SSSR count). The quantitative estimate of drug-likeness (QED) is 0.0802. The van der Waals surface area contributed by atoms with Gasteiger partial charge in [0, 0.05) is 65.1 Å². The summed E-state index contributed by atoms with van der Waals surface area (Å²) in [4.78, 5) is 47.4. The lowest BCUT2D eigenvalue weighted by molar-refractivity contribution is -0.192. The Kier molecular flexibility index (Phi) is 12.5. The number of hydrogen-bond donors (Lipinski definition) is 4. The summed E-state index contributed by atoms with van der Waals surface area (Å²) in [5.74, 6) is 2.72. The molecule has 4 N–H and O–H groups in total. The number of benzene rings is 1. The van der Waals surface area contributed by atoms with E-state index in [1.54, 1.807) is 6.07 Å². The molecule has 1 amide bonds. The fourth-order valence-electron chi connectivity index (χ4n) is 6.20. The first-order valence-electron chi connectivity index (χ1n) is 17.3. The van der Waals surface area contributed by atoms with Gasteiger partial charge < -0.3 is 20.5 Å². The first-order chi connectivity index (χ1) is 25.3. The Morgan fingerprint density at radius 1 is 1.00 bits per heavy atom. The predicted molar refractivity (Wildman–Crippen MR) is 193 cm³/mol. The molecule has 12 nitrogen and oxygen atoms in total. The van der Waals surface area contributed by atoms with Gasteiger partial charge in [-0.2, -0.15) is 18.3 Å². The van der Waals surface area contributed by atoms with Crippen LogP contribution in [0.4, 0.5) is 19.0 Å². The summed E-state index contributed by atoms with van der Waals surface area (Å²) in [6, 6.07) is 13.4. The Labute approximate surface area is 303 Å². The van der Waals surface area contributed by atoms with Crippen LogP contribution in [0.2, 0.25) is 0 Å². The highest BCUT2D eigenvalue weighted by molar-refractivity contribution is 6.06. The van der Waals surface area contributed by atoms with Crippen molar-refractivity contribution in [2.24, 2.45) is 0 Å². The van der Waals surface area contributed by atoms with Crippen LogP contribution < -0.4 is 5.32 Å². The van der Waals surface area contributed by atoms with Crippen LogP contribution in [-0.4, -0.2) is 77.5 Å². The van der Waals surface area contributed by atoms with Crippen molar-refractivity contribution in [2.45, 2.75) is 77.1 Å². The first kappa shape index (κ1) is 38.5. The molecular weight excluding hydrogens is 691 g/mol. The number of amides is 1. The third-order valence-corrected chi connectivity index (χ3v) is 8.97. The molecule has 0 aliphatic carbocycles. The minimum Gasteiger partial charge on any atom is -0.477 e. The number of likely N-dealkylation sites (tertiary alicyclic amines) is 1. The highest BCUT2D eigenvalue weighted by Gasteiger charge is 2.38. The molecule has 5 heterocycles. The van der Waals surface area contributed by atoms with E-state index in [1.165, 1.54) is 24.4 Å². The number of aliphatic carboxylic acids is 1. The van der Waals surface area contributed by atoms with Crippen molar-refractivity contribution >= 4 is 45.5 Å². The van der Waals surface area contributed by atoms with E-state index in [4.69, 9.17) is 20.1 Å². The van der Waals surface area contributed by atoms with Gasteiger partial charge in [0.1, 0.15) is 11.5 Å². The summed E-state index contributed by atoms with van der Waals surface area (Å²) in [6.07, 6.45) is 6.67. The summed E-state index contributed by atoms with van der Waals surface area (Å²) in [5.41, 5.74) is 5.41. The van der Waals surface area contributed by atoms with Crippen LogP contribution in [0.15, 0.2) is 54.9 Å². The van der Waals surface area contributed by atoms with Crippen LogP contribution in [0, 0.1) is 18.8 Å². The molecule has 278 valence electrons. The monoisotopic (exact) mass is 731 g/mol. The number of anilines is 1. The van der Waals surface area contributed by atoms with Crippen molar-refractivity contribution in [3.63, 3.8) is 0 Å². The largest absolute Gasteiger partial charge is 0.490 e. The molecule has 1 atom stereocenters. The van der Waals surface area contributed by atoms with E-state index in [0.29, 0.717) is 17.4 Å². The third kappa shape index (κ3) is 10.2. The summed E-state index contributed by atoms with van der Waals surface area (Å²) in [6.45, 7) is 3.90. The fourth-order valence-corrected chi connectivity index (χ4v) is 6.20. The van der Waals surface area contributed by atoms with E-state index in [-0.39, 0.29) is 11.6 Å². The molecule has 4 aromatic heterocycles. The lowest BCUT2D eigenvalue weighted by atomic mass is 10.1. The number of hydrogen-bond acceptors (Lipinski definition) is 7. The Bertz CT molecular complexity index is 2150. The van der Waals surface area contributed by atoms with Crippen molar-refractivity contribution in [3.05, 3.63) is 83.1 Å². The minimum absolute atomic E-state index is 0.0229. The van der Waals surface area contributed by atoms with Gasteiger partial charge in [0.25, 0.3) is 5.91 Å². The topological polar surface area (TPSA) is 166 Å². The summed E-state index contributed by atoms with van der Waals surface area (Å²) in [7, 11) is 2.16. The van der Waals surface area contributed by atoms with Gasteiger partial charge in [-0.25, -0.2) is 19.6 Å². The van der Waals surface area contributed by atoms with Gasteiger partial charge in [-0.05, 0) is 76.5 Å². The molecule has 1 aliphatic heterocycles. The number of halogens is 3. The van der Waals surface area contributed by atoms with Gasteiger partial charge in [0.05, 0.1) is 16.7 Å². The number of rotatable bonds is 11. The van der Waals surface area contributed by atoms with E-state index in [9.17, 15) is 22.8 Å². The number of carbonyl (C=O) groups is 3. The van der Waals surface area contributed by atoms with Crippen LogP contribution in [0.25, 0.3) is 21.8 Å². The van der Waals surface area contributed by atoms with Crippen molar-refractivity contribution in [3.8, 4) is 11.8 Å². The van der Waals surface area contributed by atoms with E-state index < -0.39 is 18.1 Å². The number of carboxylic acids is 2. The van der Waals surface area contributed by atoms with Crippen LogP contribution in [0.3, 0.4) is 0 Å². The maximum atomic E-state index is 13.3. The Balaban J connectivity index is 0.000000705. The first-order valence-corrected chi connectivity index (χ1v) is 17.3. The van der Waals surface area contributed by atoms with Crippen LogP contribution in [-0.2, 0) is 11.3 Å². The minimum atomic E-state index is -5.08. The van der Waals surface area contributed by atoms with Crippen molar-refractivity contribution < 1.29 is 37.8 Å². The highest BCUT2D eigenvalue weighted by Crippen LogP contribution is 2.32. The van der Waals surface area contributed by atoms with Crippen LogP contribution in [0.1, 0.15) is 95.2 Å². The molecule has 1 fully saturated rings. The van der Waals surface area contributed by atoms with E-state index >= 15 is 0 Å². The van der Waals surface area contributed by atoms with Gasteiger partial charge in [0.15, 0.2) is 0 Å². The number of alkyl halides is 3. The van der Waals surface area contributed by atoms with Gasteiger partial charge in [-0.1, -0.05) is 37.2 Å². The summed E-state index contributed by atoms with van der Waals surface area (Å²) >= 11 is 0. The number of nitrogens with zero attached hydrogens (tertiary/aromatic N) is 5. The fraction of sp³-hybridized carbons (Fsp3) is 0.368. The van der Waals surface area contributed by atoms with Crippen LogP contribution in [0.5, 0.6) is 0 Å². The van der Waals surface area contributed by atoms with Gasteiger partial charge in [-0.3, -0.25) is 14.4 Å². The standard InChI is InChI=1S/C36H39N7O3.C2HF3O2/c1-24-28-15-14-26(35(44)40-34-21-30-27(23-38-34)19-31(39-30)32-12-10-17-42(32)2)20-33(28)43(41-24)18-9-7-5-3-4-6-8-11-25-13-16-29(36(45)46)37-22-25;3-2(4,5)1(6)7/h13-16,19-23,32,39H,3-7,9-10,12,17-18H2,1-2H3,(H,45,46)(H,38,40,44);(H,6,7)/t32-;/m1./s1. The Morgan fingerprint density at radius 2 is 1.75 bits per heavy atom. The second-order valence-corrected chi connectivity index (χ2v) is 12.9. The molecule has 0 unspecified atom stereocenters. The second kappa shape index (κ2) is 17.2. The molecule has 0 bridgehead atoms. The molecule has 1 aromatic carbocycles. The summed E-state index contributed by atoms with van der Waals surface area (Å²) in [5, 5.41) is 25.9. The van der Waals surface area contributed by atoms with Gasteiger partial charge in [-0.15, -0.1) is 0 Å². The zero-order chi connectivity index (χ0) is 38.1. The van der Waals surface area contributed by atoms with Gasteiger partial charge in [0.2, 0.25) is 0 Å². The molecular formula is C38H40F3N7O5. The number of unbranched alkanes of at least 4 members (excludes halogenated alkanes) is 5. The van der Waals surface area contributed by atoms with Crippen LogP contribution >= 0.6 is 0 Å². The highest BCUT2D eigenvalue weighted by atomic mass is 19.4. The number of H-pyrrole nitrogens is 1. The Morgan fingerprint density at radius 3 is 2.43 bits per heavy atom. The second-order valence-electron chi connectivity index (χ2n) is 12.9. The number of pyridine rings is 2. The molecule has 0 saturated carbocycles. The lowest BCUT2D eigenvalue weighted by Crippen LogP contribution is -2.21. The van der Waals surface area contributed by atoms with Crippen molar-refractivity contribution in [1.29, 1.82) is 0 Å². The number of carboxylic acid groups (broad SMARTS) is 2. The molecule has 1 aliphatic rings. The molecule has 1 saturated heterocycles. The smallest absolute Gasteiger partial charge is 0.477 e. The molecule has 5 aromatic rings. The van der Waals surface area contributed by atoms with Gasteiger partial charge >= 0.3 is 18.1 Å². The number of aromatic carboxylic acids is 1. The average Bonchev–Trinajstić information content (AvgIpc) is 3.83. The normalized spacial score (nSPS) is 14.4. The molecule has 0 radical (unpaired) electrons. The number of fused-ring (bicyclic) bond motifs is 2. The number of aryl methyl sites for hydroxylation is 2. The third-order valence-electron chi connectivity index (χ3n) is 8.97. The summed E-state index contributed by atoms with van der Waals surface area (Å²) < 4.78 is 33.8. The lowest BCUT2D eigenvalue weighted by Gasteiger charge is -2.17. The molecule has 15 heteroatoms. The maximum absolute atomic E-state index is 13.3. The number of aromatic nitrogens is 5. The average molecular weight is 732 g/mol. The maximum Gasteiger partial charge on any atom is 0.490 e. The molecule has 0 spiro atoms. The number of aromatic amines is 1. The Hall–Kier alpha value is -5.75. The SMILES string of the molecule is Cc1nn(CCCCCCCC#Cc2ccc(C(=O)O)nc2)c2cc(C(=O)Nc3cc4[nH]c([C@H]5CCCN5C)cc4cn3)ccc12.O=C(O)C(F)(F)F. The molecule has 53 heavy (non-hydrogen) atoms. The van der Waals surface area contributed by atoms with E-state index in [2.05, 4.69) is 50.1 Å². The van der Waals surface area contributed by atoms with E-state index in [1.807, 2.05) is 42.1 Å². The van der Waals surface area contributed by atoms with Crippen molar-refractivity contribution in [1.82, 2.24) is 29.6 Å². The number of nitrogens with one attached hydrogen (secondary N) is 2. The predicted octanol–water partition coefficient (Wildman–Crippen LogP) is 7.36.